The van der Waals surface area contributed by atoms with Gasteiger partial charge in [-0.15, -0.1) is 0 Å². The lowest BCUT2D eigenvalue weighted by atomic mass is 9.94. The van der Waals surface area contributed by atoms with E-state index in [1.807, 2.05) is 28.9 Å². The zero-order chi connectivity index (χ0) is 20.6. The van der Waals surface area contributed by atoms with Crippen molar-refractivity contribution in [1.82, 2.24) is 14.7 Å². The molecule has 8 heteroatoms. The monoisotopic (exact) mass is 416 g/mol. The topological polar surface area (TPSA) is 59.4 Å². The first-order chi connectivity index (χ1) is 13.7. The Morgan fingerprint density at radius 1 is 1.41 bits per heavy atom. The van der Waals surface area contributed by atoms with Crippen molar-refractivity contribution in [3.8, 4) is 5.75 Å². The van der Waals surface area contributed by atoms with Crippen molar-refractivity contribution >= 4 is 21.0 Å². The van der Waals surface area contributed by atoms with Crippen molar-refractivity contribution < 1.29 is 13.9 Å². The van der Waals surface area contributed by atoms with Crippen molar-refractivity contribution in [3.63, 3.8) is 0 Å². The van der Waals surface area contributed by atoms with Crippen molar-refractivity contribution in [1.29, 1.82) is 0 Å². The van der Waals surface area contributed by atoms with Gasteiger partial charge in [0.1, 0.15) is 22.5 Å². The number of anilines is 1. The predicted molar refractivity (Wildman–Crippen MR) is 112 cm³/mol. The average molecular weight is 416 g/mol. The second-order valence-corrected chi connectivity index (χ2v) is 9.86. The van der Waals surface area contributed by atoms with Crippen LogP contribution >= 0.6 is 9.24 Å². The molecule has 1 saturated heterocycles. The van der Waals surface area contributed by atoms with Gasteiger partial charge in [0.25, 0.3) is 5.91 Å². The predicted octanol–water partition coefficient (Wildman–Crippen LogP) is 3.01. The number of likely N-dealkylation sites (tertiary alicyclic amines) is 1. The van der Waals surface area contributed by atoms with E-state index in [-0.39, 0.29) is 17.4 Å². The Morgan fingerprint density at radius 2 is 2.21 bits per heavy atom. The van der Waals surface area contributed by atoms with Crippen molar-refractivity contribution in [3.05, 3.63) is 41.6 Å². The highest BCUT2D eigenvalue weighted by Gasteiger charge is 2.80. The van der Waals surface area contributed by atoms with Crippen LogP contribution in [0.4, 0.5) is 10.2 Å². The molecule has 3 heterocycles. The summed E-state index contributed by atoms with van der Waals surface area (Å²) >= 11 is 0. The molecule has 5 rings (SSSR count). The van der Waals surface area contributed by atoms with E-state index in [2.05, 4.69) is 33.5 Å². The van der Waals surface area contributed by atoms with Gasteiger partial charge in [-0.25, -0.2) is 9.07 Å². The molecule has 0 radical (unpaired) electrons. The first-order valence-corrected chi connectivity index (χ1v) is 10.5. The summed E-state index contributed by atoms with van der Waals surface area (Å²) in [6.45, 7) is 5.77. The summed E-state index contributed by atoms with van der Waals surface area (Å²) < 4.78 is 22.6. The quantitative estimate of drug-likeness (QED) is 0.782. The number of carbonyl (C=O) groups excluding carboxylic acids is 1. The third-order valence-corrected chi connectivity index (χ3v) is 7.94. The van der Waals surface area contributed by atoms with Crippen LogP contribution in [0.15, 0.2) is 30.5 Å². The molecule has 0 bridgehead atoms. The van der Waals surface area contributed by atoms with Crippen LogP contribution in [0.2, 0.25) is 0 Å². The van der Waals surface area contributed by atoms with Crippen molar-refractivity contribution in [2.24, 2.45) is 5.92 Å². The molecule has 2 aromatic rings. The molecule has 1 aliphatic carbocycles. The summed E-state index contributed by atoms with van der Waals surface area (Å²) in [6.07, 6.45) is 2.58. The molecule has 1 aromatic carbocycles. The first kappa shape index (κ1) is 18.9. The summed E-state index contributed by atoms with van der Waals surface area (Å²) in [5, 5.41) is 6.39. The van der Waals surface area contributed by atoms with E-state index in [1.165, 1.54) is 0 Å². The Morgan fingerprint density at radius 3 is 2.97 bits per heavy atom. The minimum Gasteiger partial charge on any atom is -0.497 e. The number of halogens is 1. The second-order valence-electron chi connectivity index (χ2n) is 9.02. The number of nitrogens with one attached hydrogen (secondary N) is 1. The number of piperidine rings is 1. The van der Waals surface area contributed by atoms with Crippen molar-refractivity contribution in [2.45, 2.75) is 36.6 Å². The van der Waals surface area contributed by atoms with E-state index < -0.39 is 10.8 Å². The minimum absolute atomic E-state index is 0.0910. The molecule has 1 saturated carbocycles. The van der Waals surface area contributed by atoms with Gasteiger partial charge < -0.3 is 15.0 Å². The Hall–Kier alpha value is -2.14. The summed E-state index contributed by atoms with van der Waals surface area (Å²) in [4.78, 5) is 15.1. The number of fused-ring (bicyclic) bond motifs is 2. The molecule has 1 aromatic heterocycles. The number of benzene rings is 1. The van der Waals surface area contributed by atoms with Crippen LogP contribution in [0.1, 0.15) is 36.2 Å². The molecule has 1 N–H and O–H groups in total. The molecule has 3 aliphatic rings. The number of methoxy groups -OCH3 is 1. The van der Waals surface area contributed by atoms with Gasteiger partial charge in [-0.2, -0.15) is 5.10 Å². The zero-order valence-electron chi connectivity index (χ0n) is 16.9. The maximum Gasteiger partial charge on any atom is 0.259 e. The van der Waals surface area contributed by atoms with E-state index >= 15 is 4.39 Å². The number of hydrogen-bond acceptors (Lipinski definition) is 4. The summed E-state index contributed by atoms with van der Waals surface area (Å²) in [6, 6.07) is 7.55. The van der Waals surface area contributed by atoms with Crippen LogP contribution in [0.5, 0.6) is 5.75 Å². The Bertz CT molecular complexity index is 1000. The number of amides is 1. The lowest BCUT2D eigenvalue weighted by molar-refractivity contribution is 0.0753. The number of ether oxygens (including phenoxy) is 1. The van der Waals surface area contributed by atoms with Gasteiger partial charge in [-0.3, -0.25) is 4.79 Å². The fraction of sp³-hybridized carbons (Fsp3) is 0.524. The number of carbonyl (C=O) groups is 1. The SMILES string of the molecule is COc1cccc(C23CN(C(=O)c4cnn5c4NCCC5(C)C)CC2C3(F)P)c1. The van der Waals surface area contributed by atoms with Gasteiger partial charge in [-0.1, -0.05) is 21.4 Å². The maximum atomic E-state index is 15.4. The molecule has 2 aliphatic heterocycles. The highest BCUT2D eigenvalue weighted by molar-refractivity contribution is 7.19. The average Bonchev–Trinajstić information content (AvgIpc) is 3.13. The van der Waals surface area contributed by atoms with Gasteiger partial charge in [-0.05, 0) is 38.0 Å². The van der Waals surface area contributed by atoms with Gasteiger partial charge in [0, 0.05) is 25.6 Å². The molecule has 6 nitrogen and oxygen atoms in total. The number of aromatic nitrogens is 2. The van der Waals surface area contributed by atoms with E-state index in [9.17, 15) is 4.79 Å². The molecule has 154 valence electrons. The largest absolute Gasteiger partial charge is 0.497 e. The molecule has 4 unspecified atom stereocenters. The maximum absolute atomic E-state index is 15.4. The molecule has 2 fully saturated rings. The van der Waals surface area contributed by atoms with Gasteiger partial charge in [0.05, 0.1) is 24.3 Å². The smallest absolute Gasteiger partial charge is 0.259 e. The van der Waals surface area contributed by atoms with E-state index in [1.54, 1.807) is 18.2 Å². The summed E-state index contributed by atoms with van der Waals surface area (Å²) in [5.74, 6) is 1.13. The number of nitrogens with zero attached hydrogens (tertiary/aromatic N) is 3. The minimum atomic E-state index is -1.41. The molecular formula is C21H26FN4O2P. The third kappa shape index (κ3) is 2.43. The van der Waals surface area contributed by atoms with Gasteiger partial charge in [0.2, 0.25) is 0 Å². The lowest BCUT2D eigenvalue weighted by Crippen LogP contribution is -2.39. The van der Waals surface area contributed by atoms with E-state index in [4.69, 9.17) is 4.74 Å². The van der Waals surface area contributed by atoms with E-state index in [0.29, 0.717) is 24.4 Å². The highest BCUT2D eigenvalue weighted by atomic mass is 31.0. The van der Waals surface area contributed by atoms with Gasteiger partial charge >= 0.3 is 0 Å². The first-order valence-electron chi connectivity index (χ1n) is 9.96. The van der Waals surface area contributed by atoms with E-state index in [0.717, 1.165) is 24.3 Å². The van der Waals surface area contributed by atoms with Crippen LogP contribution < -0.4 is 10.1 Å². The zero-order valence-corrected chi connectivity index (χ0v) is 18.1. The summed E-state index contributed by atoms with van der Waals surface area (Å²) in [5.41, 5.74) is 0.600. The molecule has 1 amide bonds. The van der Waals surface area contributed by atoms with Crippen LogP contribution in [0.3, 0.4) is 0 Å². The molecular weight excluding hydrogens is 390 g/mol. The van der Waals surface area contributed by atoms with Crippen LogP contribution in [-0.2, 0) is 11.0 Å². The third-order valence-electron chi connectivity index (χ3n) is 7.02. The summed E-state index contributed by atoms with van der Waals surface area (Å²) in [7, 11) is 3.99. The highest BCUT2D eigenvalue weighted by Crippen LogP contribution is 2.72. The van der Waals surface area contributed by atoms with Crippen LogP contribution in [0, 0.1) is 5.92 Å². The number of alkyl halides is 1. The lowest BCUT2D eigenvalue weighted by Gasteiger charge is -2.33. The Labute approximate surface area is 172 Å². The number of hydrogen-bond donors (Lipinski definition) is 1. The fourth-order valence-corrected chi connectivity index (χ4v) is 5.94. The van der Waals surface area contributed by atoms with Crippen LogP contribution in [0.25, 0.3) is 0 Å². The number of rotatable bonds is 3. The standard InChI is InChI=1S/C21H26FN4O2P/c1-19(2)7-8-23-17-15(10-24-26(17)19)18(27)25-11-16-20(12-25,21(16,22)29)13-5-4-6-14(9-13)28-3/h4-6,9-10,16,23H,7-8,11-12,29H2,1-3H3. The van der Waals surface area contributed by atoms with Crippen molar-refractivity contribution in [2.75, 3.05) is 32.1 Å². The second kappa shape index (κ2) is 5.94. The molecule has 29 heavy (non-hydrogen) atoms. The van der Waals surface area contributed by atoms with Gasteiger partial charge in [0.15, 0.2) is 0 Å². The molecule has 0 spiro atoms. The normalized spacial score (nSPS) is 31.6. The Balaban J connectivity index is 1.46. The molecule has 4 atom stereocenters. The Kier molecular flexibility index (Phi) is 3.86. The van der Waals surface area contributed by atoms with Crippen LogP contribution in [-0.4, -0.2) is 52.7 Å². The fourth-order valence-electron chi connectivity index (χ4n) is 5.17.